The summed E-state index contributed by atoms with van der Waals surface area (Å²) in [5.41, 5.74) is 4.87. The first-order valence-electron chi connectivity index (χ1n) is 9.27. The van der Waals surface area contributed by atoms with Gasteiger partial charge < -0.3 is 10.6 Å². The topological polar surface area (TPSA) is 67.1 Å². The zero-order valence-electron chi connectivity index (χ0n) is 17.5. The molecule has 2 N–H and O–H groups in total. The van der Waals surface area contributed by atoms with Gasteiger partial charge in [-0.15, -0.1) is 35.3 Å². The highest BCUT2D eigenvalue weighted by Crippen LogP contribution is 2.18. The summed E-state index contributed by atoms with van der Waals surface area (Å²) in [7, 11) is 3.81. The molecule has 0 aliphatic carbocycles. The SMILES string of the molecule is CCc1nc(CCNC(=NC)NC(C)Cc2c(C)nn(C)c2C)sc1C.I. The molecule has 152 valence electrons. The summed E-state index contributed by atoms with van der Waals surface area (Å²) in [4.78, 5) is 10.4. The molecule has 0 radical (unpaired) electrons. The van der Waals surface area contributed by atoms with Crippen LogP contribution in [-0.2, 0) is 26.3 Å². The second kappa shape index (κ2) is 11.0. The van der Waals surface area contributed by atoms with Crippen LogP contribution in [0.15, 0.2) is 4.99 Å². The quantitative estimate of drug-likeness (QED) is 0.345. The molecule has 0 spiro atoms. The lowest BCUT2D eigenvalue weighted by Gasteiger charge is -2.18. The molecule has 2 aromatic rings. The van der Waals surface area contributed by atoms with Gasteiger partial charge in [-0.05, 0) is 46.1 Å². The van der Waals surface area contributed by atoms with E-state index in [0.29, 0.717) is 0 Å². The Morgan fingerprint density at radius 3 is 2.52 bits per heavy atom. The number of rotatable bonds is 7. The Balaban J connectivity index is 0.00000364. The molecule has 0 saturated heterocycles. The lowest BCUT2D eigenvalue weighted by Crippen LogP contribution is -2.43. The van der Waals surface area contributed by atoms with Crippen LogP contribution in [0.5, 0.6) is 0 Å². The largest absolute Gasteiger partial charge is 0.356 e. The van der Waals surface area contributed by atoms with E-state index in [0.717, 1.165) is 37.5 Å². The minimum absolute atomic E-state index is 0. The molecule has 27 heavy (non-hydrogen) atoms. The molecular formula is C19H33IN6S. The first-order valence-corrected chi connectivity index (χ1v) is 10.1. The van der Waals surface area contributed by atoms with Gasteiger partial charge in [0.1, 0.15) is 0 Å². The first-order chi connectivity index (χ1) is 12.3. The van der Waals surface area contributed by atoms with E-state index in [4.69, 9.17) is 4.98 Å². The van der Waals surface area contributed by atoms with Gasteiger partial charge in [0.15, 0.2) is 5.96 Å². The first kappa shape index (κ1) is 23.9. The number of aryl methyl sites for hydroxylation is 4. The van der Waals surface area contributed by atoms with Gasteiger partial charge in [0.25, 0.3) is 0 Å². The third kappa shape index (κ3) is 6.44. The number of aliphatic imine (C=N–C) groups is 1. The van der Waals surface area contributed by atoms with Crippen molar-refractivity contribution in [2.45, 2.75) is 59.9 Å². The maximum Gasteiger partial charge on any atom is 0.191 e. The molecule has 8 heteroatoms. The number of nitrogens with one attached hydrogen (secondary N) is 2. The molecule has 0 aliphatic heterocycles. The van der Waals surface area contributed by atoms with Crippen LogP contribution in [0.25, 0.3) is 0 Å². The molecule has 0 fully saturated rings. The number of aromatic nitrogens is 3. The molecule has 0 aliphatic rings. The van der Waals surface area contributed by atoms with Gasteiger partial charge in [0, 0.05) is 43.7 Å². The lowest BCUT2D eigenvalue weighted by atomic mass is 10.1. The average Bonchev–Trinajstić information content (AvgIpc) is 3.07. The zero-order chi connectivity index (χ0) is 19.3. The molecule has 6 nitrogen and oxygen atoms in total. The molecule has 2 heterocycles. The fraction of sp³-hybridized carbons (Fsp3) is 0.632. The maximum absolute atomic E-state index is 4.70. The molecule has 0 amide bonds. The summed E-state index contributed by atoms with van der Waals surface area (Å²) in [6.45, 7) is 11.5. The van der Waals surface area contributed by atoms with Gasteiger partial charge in [-0.2, -0.15) is 5.10 Å². The van der Waals surface area contributed by atoms with Gasteiger partial charge in [0.2, 0.25) is 0 Å². The normalized spacial score (nSPS) is 12.6. The number of hydrogen-bond donors (Lipinski definition) is 2. The number of hydrogen-bond acceptors (Lipinski definition) is 4. The van der Waals surface area contributed by atoms with Gasteiger partial charge in [-0.3, -0.25) is 9.67 Å². The van der Waals surface area contributed by atoms with E-state index in [2.05, 4.69) is 55.3 Å². The Bertz CT molecular complexity index is 765. The Hall–Kier alpha value is -1.16. The standard InChI is InChI=1S/C19H32N6S.HI/c1-8-17-15(5)26-18(23-17)9-10-21-19(20-6)22-12(2)11-16-13(3)24-25(7)14(16)4;/h12H,8-11H2,1-7H3,(H2,20,21,22);1H. The molecule has 1 unspecified atom stereocenters. The predicted molar refractivity (Wildman–Crippen MR) is 126 cm³/mol. The Morgan fingerprint density at radius 2 is 2.00 bits per heavy atom. The Labute approximate surface area is 184 Å². The molecule has 2 rings (SSSR count). The highest BCUT2D eigenvalue weighted by molar-refractivity contribution is 14.0. The summed E-state index contributed by atoms with van der Waals surface area (Å²) < 4.78 is 1.95. The molecule has 0 bridgehead atoms. The third-order valence-electron chi connectivity index (χ3n) is 4.68. The van der Waals surface area contributed by atoms with Crippen molar-refractivity contribution in [1.82, 2.24) is 25.4 Å². The molecular weight excluding hydrogens is 471 g/mol. The Morgan fingerprint density at radius 1 is 1.30 bits per heavy atom. The fourth-order valence-electron chi connectivity index (χ4n) is 3.11. The summed E-state index contributed by atoms with van der Waals surface area (Å²) >= 11 is 1.80. The minimum Gasteiger partial charge on any atom is -0.356 e. The van der Waals surface area contributed by atoms with Crippen molar-refractivity contribution in [1.29, 1.82) is 0 Å². The number of halogens is 1. The van der Waals surface area contributed by atoms with Crippen LogP contribution < -0.4 is 10.6 Å². The summed E-state index contributed by atoms with van der Waals surface area (Å²) in [6.07, 6.45) is 2.85. The van der Waals surface area contributed by atoms with Crippen LogP contribution in [-0.4, -0.2) is 40.4 Å². The fourth-order valence-corrected chi connectivity index (χ4v) is 4.13. The van der Waals surface area contributed by atoms with Gasteiger partial charge in [-0.25, -0.2) is 4.98 Å². The van der Waals surface area contributed by atoms with Crippen molar-refractivity contribution < 1.29 is 0 Å². The van der Waals surface area contributed by atoms with Crippen molar-refractivity contribution in [3.63, 3.8) is 0 Å². The van der Waals surface area contributed by atoms with Gasteiger partial charge >= 0.3 is 0 Å². The highest BCUT2D eigenvalue weighted by Gasteiger charge is 2.14. The average molecular weight is 504 g/mol. The van der Waals surface area contributed by atoms with Crippen LogP contribution in [0, 0.1) is 20.8 Å². The molecule has 0 saturated carbocycles. The minimum atomic E-state index is 0. The van der Waals surface area contributed by atoms with Crippen LogP contribution in [0.4, 0.5) is 0 Å². The number of guanidine groups is 1. The van der Waals surface area contributed by atoms with Gasteiger partial charge in [-0.1, -0.05) is 6.92 Å². The van der Waals surface area contributed by atoms with Crippen LogP contribution >= 0.6 is 35.3 Å². The number of thiazole rings is 1. The van der Waals surface area contributed by atoms with Crippen molar-refractivity contribution in [2.75, 3.05) is 13.6 Å². The van der Waals surface area contributed by atoms with E-state index in [9.17, 15) is 0 Å². The van der Waals surface area contributed by atoms with E-state index >= 15 is 0 Å². The van der Waals surface area contributed by atoms with E-state index in [1.807, 2.05) is 18.8 Å². The van der Waals surface area contributed by atoms with Crippen molar-refractivity contribution in [3.8, 4) is 0 Å². The van der Waals surface area contributed by atoms with E-state index in [1.165, 1.54) is 26.8 Å². The second-order valence-corrected chi connectivity index (χ2v) is 8.02. The van der Waals surface area contributed by atoms with Gasteiger partial charge in [0.05, 0.1) is 16.4 Å². The van der Waals surface area contributed by atoms with E-state index < -0.39 is 0 Å². The van der Waals surface area contributed by atoms with Crippen molar-refractivity contribution in [3.05, 3.63) is 32.5 Å². The van der Waals surface area contributed by atoms with Crippen LogP contribution in [0.3, 0.4) is 0 Å². The van der Waals surface area contributed by atoms with Crippen LogP contribution in [0.1, 0.15) is 46.4 Å². The molecule has 0 aromatic carbocycles. The van der Waals surface area contributed by atoms with E-state index in [-0.39, 0.29) is 30.0 Å². The summed E-state index contributed by atoms with van der Waals surface area (Å²) in [6, 6.07) is 0.275. The van der Waals surface area contributed by atoms with Crippen molar-refractivity contribution >= 4 is 41.3 Å². The lowest BCUT2D eigenvalue weighted by molar-refractivity contribution is 0.635. The summed E-state index contributed by atoms with van der Waals surface area (Å²) in [5, 5.41) is 12.6. The van der Waals surface area contributed by atoms with E-state index in [1.54, 1.807) is 11.3 Å². The molecule has 2 aromatic heterocycles. The Kier molecular flexibility index (Phi) is 9.72. The molecule has 1 atom stereocenters. The smallest absolute Gasteiger partial charge is 0.191 e. The maximum atomic E-state index is 4.70. The summed E-state index contributed by atoms with van der Waals surface area (Å²) in [5.74, 6) is 0.834. The monoisotopic (exact) mass is 504 g/mol. The zero-order valence-corrected chi connectivity index (χ0v) is 20.7. The van der Waals surface area contributed by atoms with Crippen molar-refractivity contribution in [2.24, 2.45) is 12.0 Å². The third-order valence-corrected chi connectivity index (χ3v) is 5.75. The second-order valence-electron chi connectivity index (χ2n) is 6.74. The van der Waals surface area contributed by atoms with Crippen LogP contribution in [0.2, 0.25) is 0 Å². The number of nitrogens with zero attached hydrogens (tertiary/aromatic N) is 4. The highest BCUT2D eigenvalue weighted by atomic mass is 127. The predicted octanol–water partition coefficient (Wildman–Crippen LogP) is 3.32.